The second-order valence-corrected chi connectivity index (χ2v) is 7.42. The van der Waals surface area contributed by atoms with E-state index in [1.54, 1.807) is 11.5 Å². The first kappa shape index (κ1) is 14.3. The van der Waals surface area contributed by atoms with Gasteiger partial charge in [0, 0.05) is 30.5 Å². The summed E-state index contributed by atoms with van der Waals surface area (Å²) in [4.78, 5) is 7.16. The van der Waals surface area contributed by atoms with Crippen LogP contribution in [-0.4, -0.2) is 35.5 Å². The molecular weight excluding hydrogens is 268 g/mol. The van der Waals surface area contributed by atoms with Crippen LogP contribution >= 0.6 is 11.5 Å². The molecule has 0 aromatic carbocycles. The summed E-state index contributed by atoms with van der Waals surface area (Å²) in [7, 11) is 0. The summed E-state index contributed by atoms with van der Waals surface area (Å²) < 4.78 is 4.52. The minimum Gasteiger partial charge on any atom is -0.347 e. The summed E-state index contributed by atoms with van der Waals surface area (Å²) in [5.74, 6) is 3.36. The van der Waals surface area contributed by atoms with E-state index in [9.17, 15) is 0 Å². The van der Waals surface area contributed by atoms with Crippen molar-refractivity contribution < 1.29 is 0 Å². The predicted octanol–water partition coefficient (Wildman–Crippen LogP) is 2.88. The summed E-state index contributed by atoms with van der Waals surface area (Å²) in [5.41, 5.74) is 0. The fourth-order valence-electron chi connectivity index (χ4n) is 2.77. The zero-order valence-electron chi connectivity index (χ0n) is 12.6. The molecule has 1 aliphatic heterocycles. The fraction of sp³-hybridized carbons (Fsp3) is 0.867. The first-order valence-electron chi connectivity index (χ1n) is 8.01. The molecule has 0 spiro atoms. The van der Waals surface area contributed by atoms with Gasteiger partial charge in [-0.05, 0) is 50.6 Å². The smallest absolute Gasteiger partial charge is 0.205 e. The zero-order chi connectivity index (χ0) is 13.9. The molecular formula is C15H26N4S. The quantitative estimate of drug-likeness (QED) is 0.876. The molecule has 1 saturated carbocycles. The van der Waals surface area contributed by atoms with E-state index < -0.39 is 0 Å². The van der Waals surface area contributed by atoms with Gasteiger partial charge < -0.3 is 10.2 Å². The van der Waals surface area contributed by atoms with Crippen LogP contribution in [0.1, 0.15) is 51.3 Å². The Morgan fingerprint density at radius 3 is 2.65 bits per heavy atom. The number of aromatic nitrogens is 2. The Balaban J connectivity index is 1.43. The van der Waals surface area contributed by atoms with Crippen molar-refractivity contribution >= 4 is 16.7 Å². The molecule has 1 aromatic rings. The molecule has 1 aliphatic carbocycles. The number of nitrogens with zero attached hydrogens (tertiary/aromatic N) is 3. The lowest BCUT2D eigenvalue weighted by molar-refractivity contribution is 0.374. The van der Waals surface area contributed by atoms with E-state index in [0.717, 1.165) is 42.4 Å². The number of rotatable bonds is 6. The van der Waals surface area contributed by atoms with Crippen LogP contribution in [0.3, 0.4) is 0 Å². The molecule has 4 nitrogen and oxygen atoms in total. The fourth-order valence-corrected chi connectivity index (χ4v) is 3.56. The average Bonchev–Trinajstić information content (AvgIpc) is 3.17. The van der Waals surface area contributed by atoms with E-state index in [0.29, 0.717) is 5.92 Å². The Labute approximate surface area is 126 Å². The van der Waals surface area contributed by atoms with E-state index in [4.69, 9.17) is 4.98 Å². The Bertz CT molecular complexity index is 419. The van der Waals surface area contributed by atoms with Crippen molar-refractivity contribution in [3.05, 3.63) is 5.82 Å². The molecule has 2 aliphatic rings. The lowest BCUT2D eigenvalue weighted by Gasteiger charge is -2.31. The van der Waals surface area contributed by atoms with Gasteiger partial charge in [-0.25, -0.2) is 4.98 Å². The lowest BCUT2D eigenvalue weighted by Crippen LogP contribution is -2.37. The van der Waals surface area contributed by atoms with Crippen molar-refractivity contribution in [2.75, 3.05) is 31.1 Å². The van der Waals surface area contributed by atoms with Crippen molar-refractivity contribution in [2.45, 2.75) is 45.4 Å². The van der Waals surface area contributed by atoms with Gasteiger partial charge in [0.15, 0.2) is 0 Å². The SMILES string of the molecule is CC(C)CNCC1CCN(c2nc(C3CC3)ns2)CC1. The van der Waals surface area contributed by atoms with Gasteiger partial charge in [0.25, 0.3) is 0 Å². The first-order valence-corrected chi connectivity index (χ1v) is 8.79. The Hall–Kier alpha value is -0.680. The molecule has 0 radical (unpaired) electrons. The second kappa shape index (κ2) is 6.39. The number of hydrogen-bond donors (Lipinski definition) is 1. The standard InChI is InChI=1S/C15H26N4S/c1-11(2)9-16-10-12-5-7-19(8-6-12)15-17-14(18-20-15)13-3-4-13/h11-13,16H,3-10H2,1-2H3. The molecule has 20 heavy (non-hydrogen) atoms. The van der Waals surface area contributed by atoms with Crippen molar-refractivity contribution in [1.82, 2.24) is 14.7 Å². The van der Waals surface area contributed by atoms with Crippen LogP contribution in [0.15, 0.2) is 0 Å². The van der Waals surface area contributed by atoms with Gasteiger partial charge in [-0.2, -0.15) is 4.37 Å². The number of piperidine rings is 1. The highest BCUT2D eigenvalue weighted by molar-refractivity contribution is 7.09. The highest BCUT2D eigenvalue weighted by atomic mass is 32.1. The van der Waals surface area contributed by atoms with Crippen LogP contribution in [0.25, 0.3) is 0 Å². The van der Waals surface area contributed by atoms with Crippen LogP contribution in [0.2, 0.25) is 0 Å². The Morgan fingerprint density at radius 1 is 1.25 bits per heavy atom. The second-order valence-electron chi connectivity index (χ2n) is 6.69. The molecule has 1 saturated heterocycles. The minimum absolute atomic E-state index is 0.678. The third-order valence-corrected chi connectivity index (χ3v) is 5.04. The monoisotopic (exact) mass is 294 g/mol. The van der Waals surface area contributed by atoms with Crippen LogP contribution in [-0.2, 0) is 0 Å². The van der Waals surface area contributed by atoms with Crippen molar-refractivity contribution in [1.29, 1.82) is 0 Å². The first-order chi connectivity index (χ1) is 9.72. The third-order valence-electron chi connectivity index (χ3n) is 4.24. The summed E-state index contributed by atoms with van der Waals surface area (Å²) in [6.07, 6.45) is 5.15. The molecule has 112 valence electrons. The average molecular weight is 294 g/mol. The van der Waals surface area contributed by atoms with Crippen LogP contribution in [0.5, 0.6) is 0 Å². The summed E-state index contributed by atoms with van der Waals surface area (Å²) >= 11 is 1.60. The van der Waals surface area contributed by atoms with Gasteiger partial charge in [0.05, 0.1) is 0 Å². The number of nitrogens with one attached hydrogen (secondary N) is 1. The molecule has 3 rings (SSSR count). The Morgan fingerprint density at radius 2 is 2.00 bits per heavy atom. The lowest BCUT2D eigenvalue weighted by atomic mass is 9.97. The predicted molar refractivity (Wildman–Crippen MR) is 84.5 cm³/mol. The molecule has 0 unspecified atom stereocenters. The number of hydrogen-bond acceptors (Lipinski definition) is 5. The van der Waals surface area contributed by atoms with Gasteiger partial charge >= 0.3 is 0 Å². The molecule has 5 heteroatoms. The van der Waals surface area contributed by atoms with E-state index in [2.05, 4.69) is 28.4 Å². The van der Waals surface area contributed by atoms with Gasteiger partial charge in [0.2, 0.25) is 5.13 Å². The van der Waals surface area contributed by atoms with Crippen molar-refractivity contribution in [2.24, 2.45) is 11.8 Å². The maximum atomic E-state index is 4.72. The molecule has 1 aromatic heterocycles. The van der Waals surface area contributed by atoms with Gasteiger partial charge in [-0.3, -0.25) is 0 Å². The normalized spacial score (nSPS) is 20.9. The Kier molecular flexibility index (Phi) is 4.56. The highest BCUT2D eigenvalue weighted by Crippen LogP contribution is 2.40. The van der Waals surface area contributed by atoms with Crippen molar-refractivity contribution in [3.8, 4) is 0 Å². The maximum absolute atomic E-state index is 4.72. The van der Waals surface area contributed by atoms with E-state index in [-0.39, 0.29) is 0 Å². The van der Waals surface area contributed by atoms with Gasteiger partial charge in [0.1, 0.15) is 5.82 Å². The summed E-state index contributed by atoms with van der Waals surface area (Å²) in [6.45, 7) is 9.14. The summed E-state index contributed by atoms with van der Waals surface area (Å²) in [6, 6.07) is 0. The summed E-state index contributed by atoms with van der Waals surface area (Å²) in [5, 5.41) is 4.75. The van der Waals surface area contributed by atoms with E-state index >= 15 is 0 Å². The molecule has 1 N–H and O–H groups in total. The number of anilines is 1. The van der Waals surface area contributed by atoms with Gasteiger partial charge in [-0.15, -0.1) is 0 Å². The zero-order valence-corrected chi connectivity index (χ0v) is 13.5. The van der Waals surface area contributed by atoms with E-state index in [1.165, 1.54) is 32.2 Å². The molecule has 0 bridgehead atoms. The largest absolute Gasteiger partial charge is 0.347 e. The maximum Gasteiger partial charge on any atom is 0.205 e. The van der Waals surface area contributed by atoms with Crippen LogP contribution < -0.4 is 10.2 Å². The van der Waals surface area contributed by atoms with Crippen LogP contribution in [0.4, 0.5) is 5.13 Å². The topological polar surface area (TPSA) is 41.0 Å². The third kappa shape index (κ3) is 3.70. The molecule has 2 fully saturated rings. The molecule has 0 atom stereocenters. The van der Waals surface area contributed by atoms with Gasteiger partial charge in [-0.1, -0.05) is 13.8 Å². The van der Waals surface area contributed by atoms with Crippen molar-refractivity contribution in [3.63, 3.8) is 0 Å². The van der Waals surface area contributed by atoms with Crippen LogP contribution in [0, 0.1) is 11.8 Å². The van der Waals surface area contributed by atoms with E-state index in [1.807, 2.05) is 0 Å². The molecule has 2 heterocycles. The minimum atomic E-state index is 0.678. The highest BCUT2D eigenvalue weighted by Gasteiger charge is 2.29. The molecule has 0 amide bonds.